The van der Waals surface area contributed by atoms with E-state index < -0.39 is 24.4 Å². The summed E-state index contributed by atoms with van der Waals surface area (Å²) in [7, 11) is 1.43. The van der Waals surface area contributed by atoms with Gasteiger partial charge in [0.05, 0.1) is 23.8 Å². The van der Waals surface area contributed by atoms with Gasteiger partial charge < -0.3 is 9.47 Å². The quantitative estimate of drug-likeness (QED) is 0.686. The molecular formula is C21H18N2O5. The first-order valence-corrected chi connectivity index (χ1v) is 8.50. The Hall–Kier alpha value is -3.74. The number of fused-ring (bicyclic) bond motifs is 1. The minimum atomic E-state index is -0.737. The molecule has 2 aromatic carbocycles. The highest BCUT2D eigenvalue weighted by Crippen LogP contribution is 2.19. The van der Waals surface area contributed by atoms with Crippen LogP contribution < -0.4 is 10.1 Å². The van der Waals surface area contributed by atoms with Gasteiger partial charge in [0.2, 0.25) is 0 Å². The van der Waals surface area contributed by atoms with Crippen LogP contribution in [-0.4, -0.2) is 36.5 Å². The molecule has 28 heavy (non-hydrogen) atoms. The van der Waals surface area contributed by atoms with E-state index in [1.807, 2.05) is 6.07 Å². The number of nitrogens with zero attached hydrogens (tertiary/aromatic N) is 1. The fourth-order valence-electron chi connectivity index (χ4n) is 2.75. The SMILES string of the molecule is COc1ccccc1C(=O)NC(=O)COC(=O)c1cc(C)nc2ccccc12. The molecule has 3 rings (SSSR count). The molecule has 0 radical (unpaired) electrons. The van der Waals surface area contributed by atoms with Crippen molar-refractivity contribution in [2.24, 2.45) is 0 Å². The van der Waals surface area contributed by atoms with Crippen LogP contribution in [0.1, 0.15) is 26.4 Å². The number of benzene rings is 2. The average Bonchev–Trinajstić information content (AvgIpc) is 2.71. The van der Waals surface area contributed by atoms with Gasteiger partial charge in [-0.2, -0.15) is 0 Å². The van der Waals surface area contributed by atoms with Crippen LogP contribution in [0.15, 0.2) is 54.6 Å². The van der Waals surface area contributed by atoms with E-state index in [-0.39, 0.29) is 5.56 Å². The summed E-state index contributed by atoms with van der Waals surface area (Å²) in [5, 5.41) is 2.81. The van der Waals surface area contributed by atoms with E-state index in [9.17, 15) is 14.4 Å². The Balaban J connectivity index is 1.67. The molecule has 1 aromatic heterocycles. The molecular weight excluding hydrogens is 360 g/mol. The minimum Gasteiger partial charge on any atom is -0.496 e. The number of rotatable bonds is 5. The molecule has 0 saturated carbocycles. The number of hydrogen-bond acceptors (Lipinski definition) is 6. The maximum absolute atomic E-state index is 12.4. The topological polar surface area (TPSA) is 94.6 Å². The molecule has 0 atom stereocenters. The molecule has 0 bridgehead atoms. The van der Waals surface area contributed by atoms with Gasteiger partial charge in [-0.1, -0.05) is 30.3 Å². The average molecular weight is 378 g/mol. The highest BCUT2D eigenvalue weighted by molar-refractivity contribution is 6.08. The summed E-state index contributed by atoms with van der Waals surface area (Å²) >= 11 is 0. The minimum absolute atomic E-state index is 0.209. The van der Waals surface area contributed by atoms with Crippen LogP contribution in [0, 0.1) is 6.92 Å². The molecule has 7 heteroatoms. The van der Waals surface area contributed by atoms with Crippen LogP contribution >= 0.6 is 0 Å². The number of pyridine rings is 1. The standard InChI is InChI=1S/C21H18N2O5/c1-13-11-16(14-7-3-5-9-17(14)22-13)21(26)28-12-19(24)23-20(25)15-8-4-6-10-18(15)27-2/h3-11H,12H2,1-2H3,(H,23,24,25). The molecule has 1 heterocycles. The van der Waals surface area contributed by atoms with E-state index in [0.29, 0.717) is 27.9 Å². The summed E-state index contributed by atoms with van der Waals surface area (Å²) in [5.41, 5.74) is 1.83. The maximum atomic E-state index is 12.4. The third kappa shape index (κ3) is 4.15. The summed E-state index contributed by atoms with van der Waals surface area (Å²) in [6.45, 7) is 1.18. The van der Waals surface area contributed by atoms with Gasteiger partial charge in [-0.3, -0.25) is 19.9 Å². The Morgan fingerprint density at radius 1 is 1.00 bits per heavy atom. The maximum Gasteiger partial charge on any atom is 0.339 e. The number of aryl methyl sites for hydroxylation is 1. The molecule has 0 aliphatic rings. The van der Waals surface area contributed by atoms with Crippen molar-refractivity contribution in [2.75, 3.05) is 13.7 Å². The van der Waals surface area contributed by atoms with Crippen molar-refractivity contribution in [1.82, 2.24) is 10.3 Å². The van der Waals surface area contributed by atoms with Crippen molar-refractivity contribution in [3.05, 3.63) is 71.4 Å². The Bertz CT molecular complexity index is 1060. The molecule has 0 spiro atoms. The molecule has 0 aliphatic heterocycles. The number of amides is 2. The Morgan fingerprint density at radius 3 is 2.50 bits per heavy atom. The van der Waals surface area contributed by atoms with Crippen molar-refractivity contribution in [1.29, 1.82) is 0 Å². The van der Waals surface area contributed by atoms with Gasteiger partial charge in [0, 0.05) is 11.1 Å². The zero-order valence-electron chi connectivity index (χ0n) is 15.4. The summed E-state index contributed by atoms with van der Waals surface area (Å²) in [6.07, 6.45) is 0. The van der Waals surface area contributed by atoms with E-state index >= 15 is 0 Å². The lowest BCUT2D eigenvalue weighted by Crippen LogP contribution is -2.34. The molecule has 2 amide bonds. The third-order valence-electron chi connectivity index (χ3n) is 4.00. The number of aromatic nitrogens is 1. The summed E-state index contributed by atoms with van der Waals surface area (Å²) < 4.78 is 10.2. The van der Waals surface area contributed by atoms with Crippen LogP contribution in [0.2, 0.25) is 0 Å². The number of esters is 1. The smallest absolute Gasteiger partial charge is 0.339 e. The molecule has 7 nitrogen and oxygen atoms in total. The first-order chi connectivity index (χ1) is 13.5. The van der Waals surface area contributed by atoms with Gasteiger partial charge in [-0.15, -0.1) is 0 Å². The zero-order valence-corrected chi connectivity index (χ0v) is 15.4. The van der Waals surface area contributed by atoms with Crippen molar-refractivity contribution >= 4 is 28.7 Å². The Morgan fingerprint density at radius 2 is 1.71 bits per heavy atom. The molecule has 0 aliphatic carbocycles. The Kier molecular flexibility index (Phi) is 5.64. The van der Waals surface area contributed by atoms with E-state index in [1.54, 1.807) is 49.4 Å². The zero-order chi connectivity index (χ0) is 20.1. The number of methoxy groups -OCH3 is 1. The molecule has 1 N–H and O–H groups in total. The molecule has 0 saturated heterocycles. The monoisotopic (exact) mass is 378 g/mol. The number of imide groups is 1. The molecule has 0 fully saturated rings. The lowest BCUT2D eigenvalue weighted by atomic mass is 10.1. The second-order valence-corrected chi connectivity index (χ2v) is 5.98. The normalized spacial score (nSPS) is 10.4. The predicted octanol–water partition coefficient (Wildman–Crippen LogP) is 2.67. The van der Waals surface area contributed by atoms with Gasteiger partial charge in [0.25, 0.3) is 11.8 Å². The van der Waals surface area contributed by atoms with Crippen molar-refractivity contribution in [2.45, 2.75) is 6.92 Å². The van der Waals surface area contributed by atoms with Crippen LogP contribution in [0.5, 0.6) is 5.75 Å². The summed E-state index contributed by atoms with van der Waals surface area (Å²) in [4.78, 5) is 41.0. The Labute approximate surface area is 161 Å². The fourth-order valence-corrected chi connectivity index (χ4v) is 2.75. The van der Waals surface area contributed by atoms with Gasteiger partial charge in [-0.05, 0) is 31.2 Å². The van der Waals surface area contributed by atoms with Crippen molar-refractivity contribution < 1.29 is 23.9 Å². The number of ether oxygens (including phenoxy) is 2. The first-order valence-electron chi connectivity index (χ1n) is 8.50. The van der Waals surface area contributed by atoms with E-state index in [0.717, 1.165) is 0 Å². The summed E-state index contributed by atoms with van der Waals surface area (Å²) in [6, 6.07) is 15.2. The lowest BCUT2D eigenvalue weighted by molar-refractivity contribution is -0.123. The van der Waals surface area contributed by atoms with Crippen LogP contribution in [0.3, 0.4) is 0 Å². The largest absolute Gasteiger partial charge is 0.496 e. The van der Waals surface area contributed by atoms with E-state index in [2.05, 4.69) is 10.3 Å². The van der Waals surface area contributed by atoms with Crippen LogP contribution in [-0.2, 0) is 9.53 Å². The number of carbonyl (C=O) groups excluding carboxylic acids is 3. The number of para-hydroxylation sites is 2. The van der Waals surface area contributed by atoms with Crippen molar-refractivity contribution in [3.63, 3.8) is 0 Å². The van der Waals surface area contributed by atoms with Gasteiger partial charge in [0.1, 0.15) is 5.75 Å². The second kappa shape index (κ2) is 8.30. The number of carbonyl (C=O) groups is 3. The first kappa shape index (κ1) is 19.0. The molecule has 142 valence electrons. The van der Waals surface area contributed by atoms with Crippen molar-refractivity contribution in [3.8, 4) is 5.75 Å². The fraction of sp³-hybridized carbons (Fsp3) is 0.143. The van der Waals surface area contributed by atoms with Gasteiger partial charge in [0.15, 0.2) is 6.61 Å². The molecule has 3 aromatic rings. The van der Waals surface area contributed by atoms with Crippen LogP contribution in [0.25, 0.3) is 10.9 Å². The van der Waals surface area contributed by atoms with E-state index in [1.165, 1.54) is 13.2 Å². The van der Waals surface area contributed by atoms with Crippen LogP contribution in [0.4, 0.5) is 0 Å². The number of nitrogens with one attached hydrogen (secondary N) is 1. The lowest BCUT2D eigenvalue weighted by Gasteiger charge is -2.10. The predicted molar refractivity (Wildman–Crippen MR) is 102 cm³/mol. The highest BCUT2D eigenvalue weighted by atomic mass is 16.5. The second-order valence-electron chi connectivity index (χ2n) is 5.98. The van der Waals surface area contributed by atoms with Gasteiger partial charge >= 0.3 is 5.97 Å². The summed E-state index contributed by atoms with van der Waals surface area (Å²) in [5.74, 6) is -1.70. The third-order valence-corrected chi connectivity index (χ3v) is 4.00. The van der Waals surface area contributed by atoms with Gasteiger partial charge in [-0.25, -0.2) is 4.79 Å². The highest BCUT2D eigenvalue weighted by Gasteiger charge is 2.18. The number of hydrogen-bond donors (Lipinski definition) is 1. The van der Waals surface area contributed by atoms with E-state index in [4.69, 9.17) is 9.47 Å². The molecule has 0 unspecified atom stereocenters.